The Balaban J connectivity index is 1.24. The molecule has 8 aromatic rings. The van der Waals surface area contributed by atoms with Crippen molar-refractivity contribution in [3.63, 3.8) is 0 Å². The molecule has 0 saturated heterocycles. The zero-order valence-corrected chi connectivity index (χ0v) is 25.7. The number of fused-ring (bicyclic) bond motifs is 2. The Bertz CT molecular complexity index is 2430. The molecule has 8 rings (SSSR count). The van der Waals surface area contributed by atoms with Gasteiger partial charge >= 0.3 is 0 Å². The SMILES string of the molecule is N#Cc1ccnc(-c2cccc(-c3ccc(-c4ccc(-c5cccc(-c6cc(C#N)ccn6)n5)c5ccccc45)c4ccccc34)c2)c1. The zero-order chi connectivity index (χ0) is 32.5. The second-order valence-corrected chi connectivity index (χ2v) is 11.5. The van der Waals surface area contributed by atoms with E-state index in [2.05, 4.69) is 107 Å². The number of nitriles is 2. The van der Waals surface area contributed by atoms with E-state index < -0.39 is 0 Å². The van der Waals surface area contributed by atoms with Crippen LogP contribution in [0.1, 0.15) is 11.1 Å². The molecule has 0 aliphatic carbocycles. The van der Waals surface area contributed by atoms with Crippen LogP contribution in [0.3, 0.4) is 0 Å². The molecule has 5 aromatic carbocycles. The minimum Gasteiger partial charge on any atom is -0.256 e. The number of aromatic nitrogens is 3. The van der Waals surface area contributed by atoms with E-state index in [1.54, 1.807) is 30.6 Å². The van der Waals surface area contributed by atoms with Gasteiger partial charge in [-0.05, 0) is 86.3 Å². The third kappa shape index (κ3) is 5.12. The molecule has 5 heteroatoms. The van der Waals surface area contributed by atoms with Gasteiger partial charge in [0.2, 0.25) is 0 Å². The molecule has 0 radical (unpaired) electrons. The Morgan fingerprint density at radius 2 is 0.875 bits per heavy atom. The monoisotopic (exact) mass is 611 g/mol. The Morgan fingerprint density at radius 3 is 1.54 bits per heavy atom. The maximum atomic E-state index is 9.40. The maximum Gasteiger partial charge on any atom is 0.0992 e. The summed E-state index contributed by atoms with van der Waals surface area (Å²) in [6.07, 6.45) is 3.32. The first kappa shape index (κ1) is 28.5. The molecule has 0 fully saturated rings. The van der Waals surface area contributed by atoms with Crippen LogP contribution >= 0.6 is 0 Å². The summed E-state index contributed by atoms with van der Waals surface area (Å²) in [6.45, 7) is 0. The fourth-order valence-electron chi connectivity index (χ4n) is 6.41. The van der Waals surface area contributed by atoms with Crippen molar-refractivity contribution in [3.8, 4) is 68.3 Å². The Morgan fingerprint density at radius 1 is 0.375 bits per heavy atom. The second-order valence-electron chi connectivity index (χ2n) is 11.5. The van der Waals surface area contributed by atoms with Crippen LogP contribution in [0.4, 0.5) is 0 Å². The molecule has 0 amide bonds. The van der Waals surface area contributed by atoms with E-state index in [9.17, 15) is 10.5 Å². The van der Waals surface area contributed by atoms with E-state index in [4.69, 9.17) is 4.98 Å². The second kappa shape index (κ2) is 12.1. The Kier molecular flexibility index (Phi) is 7.19. The fraction of sp³-hybridized carbons (Fsp3) is 0. The lowest BCUT2D eigenvalue weighted by atomic mass is 9.88. The summed E-state index contributed by atoms with van der Waals surface area (Å²) in [5, 5.41) is 23.3. The number of rotatable bonds is 5. The lowest BCUT2D eigenvalue weighted by Crippen LogP contribution is -1.93. The van der Waals surface area contributed by atoms with Crippen LogP contribution in [0.5, 0.6) is 0 Å². The van der Waals surface area contributed by atoms with Crippen molar-refractivity contribution in [1.29, 1.82) is 10.5 Å². The molecule has 0 aliphatic rings. The van der Waals surface area contributed by atoms with E-state index in [1.165, 1.54) is 0 Å². The predicted molar refractivity (Wildman–Crippen MR) is 191 cm³/mol. The van der Waals surface area contributed by atoms with Crippen molar-refractivity contribution in [2.45, 2.75) is 0 Å². The van der Waals surface area contributed by atoms with Gasteiger partial charge in [0.1, 0.15) is 0 Å². The molecule has 0 unspecified atom stereocenters. The highest BCUT2D eigenvalue weighted by Crippen LogP contribution is 2.41. The molecule has 0 bridgehead atoms. The van der Waals surface area contributed by atoms with Crippen LogP contribution in [-0.4, -0.2) is 15.0 Å². The number of hydrogen-bond donors (Lipinski definition) is 0. The average Bonchev–Trinajstić information content (AvgIpc) is 3.17. The maximum absolute atomic E-state index is 9.40. The van der Waals surface area contributed by atoms with Crippen LogP contribution < -0.4 is 0 Å². The van der Waals surface area contributed by atoms with E-state index >= 15 is 0 Å². The smallest absolute Gasteiger partial charge is 0.0992 e. The zero-order valence-electron chi connectivity index (χ0n) is 25.7. The van der Waals surface area contributed by atoms with Crippen LogP contribution in [0.2, 0.25) is 0 Å². The van der Waals surface area contributed by atoms with Crippen molar-refractivity contribution in [2.24, 2.45) is 0 Å². The van der Waals surface area contributed by atoms with E-state index in [0.717, 1.165) is 72.0 Å². The standard InChI is InChI=1S/C43H25N5/c44-26-28-19-21-46-42(23-28)31-8-5-7-30(25-31)32-15-16-37(34-10-2-1-9-33(32)34)38-17-18-39(36-12-4-3-11-35(36)38)40-13-6-14-41(48-40)43-24-29(27-45)20-22-47-43/h1-25H. The van der Waals surface area contributed by atoms with E-state index in [1.807, 2.05) is 36.4 Å². The highest BCUT2D eigenvalue weighted by molar-refractivity contribution is 6.12. The summed E-state index contributed by atoms with van der Waals surface area (Å²) in [5.74, 6) is 0. The molecular formula is C43H25N5. The van der Waals surface area contributed by atoms with Crippen molar-refractivity contribution in [1.82, 2.24) is 15.0 Å². The first-order chi connectivity index (χ1) is 23.7. The summed E-state index contributed by atoms with van der Waals surface area (Å²) in [5.41, 5.74) is 10.6. The molecule has 0 saturated carbocycles. The summed E-state index contributed by atoms with van der Waals surface area (Å²) < 4.78 is 0. The van der Waals surface area contributed by atoms with Gasteiger partial charge in [0.05, 0.1) is 46.0 Å². The number of benzene rings is 5. The van der Waals surface area contributed by atoms with Gasteiger partial charge in [-0.15, -0.1) is 0 Å². The van der Waals surface area contributed by atoms with Gasteiger partial charge in [0.15, 0.2) is 0 Å². The van der Waals surface area contributed by atoms with Gasteiger partial charge in [0, 0.05) is 23.5 Å². The first-order valence-electron chi connectivity index (χ1n) is 15.5. The van der Waals surface area contributed by atoms with Gasteiger partial charge in [0.25, 0.3) is 0 Å². The summed E-state index contributed by atoms with van der Waals surface area (Å²) in [7, 11) is 0. The fourth-order valence-corrected chi connectivity index (χ4v) is 6.41. The molecule has 48 heavy (non-hydrogen) atoms. The number of hydrogen-bond acceptors (Lipinski definition) is 5. The number of nitrogens with zero attached hydrogens (tertiary/aromatic N) is 5. The molecule has 0 aliphatic heterocycles. The van der Waals surface area contributed by atoms with Gasteiger partial charge in [-0.25, -0.2) is 4.98 Å². The molecule has 3 aromatic heterocycles. The molecular weight excluding hydrogens is 587 g/mol. The largest absolute Gasteiger partial charge is 0.256 e. The highest BCUT2D eigenvalue weighted by Gasteiger charge is 2.15. The van der Waals surface area contributed by atoms with Gasteiger partial charge < -0.3 is 0 Å². The summed E-state index contributed by atoms with van der Waals surface area (Å²) in [6, 6.07) is 51.4. The number of pyridine rings is 3. The van der Waals surface area contributed by atoms with E-state index in [-0.39, 0.29) is 0 Å². The van der Waals surface area contributed by atoms with Crippen LogP contribution in [-0.2, 0) is 0 Å². The lowest BCUT2D eigenvalue weighted by molar-refractivity contribution is 1.24. The normalized spacial score (nSPS) is 10.9. The van der Waals surface area contributed by atoms with Crippen LogP contribution in [0, 0.1) is 22.7 Å². The molecule has 0 N–H and O–H groups in total. The Labute approximate surface area is 277 Å². The predicted octanol–water partition coefficient (Wildman–Crippen LogP) is 10.3. The van der Waals surface area contributed by atoms with Crippen molar-refractivity contribution < 1.29 is 0 Å². The van der Waals surface area contributed by atoms with Crippen molar-refractivity contribution >= 4 is 21.5 Å². The Hall–Kier alpha value is -6.95. The van der Waals surface area contributed by atoms with Gasteiger partial charge in [-0.1, -0.05) is 97.1 Å². The van der Waals surface area contributed by atoms with Gasteiger partial charge in [-0.3, -0.25) is 9.97 Å². The van der Waals surface area contributed by atoms with Crippen molar-refractivity contribution in [2.75, 3.05) is 0 Å². The minimum atomic E-state index is 0.551. The van der Waals surface area contributed by atoms with E-state index in [0.29, 0.717) is 16.8 Å². The topological polar surface area (TPSA) is 86.2 Å². The van der Waals surface area contributed by atoms with Crippen LogP contribution in [0.25, 0.3) is 77.7 Å². The molecule has 222 valence electrons. The minimum absolute atomic E-state index is 0.551. The molecule has 0 spiro atoms. The summed E-state index contributed by atoms with van der Waals surface area (Å²) >= 11 is 0. The average molecular weight is 612 g/mol. The highest BCUT2D eigenvalue weighted by atomic mass is 14.8. The third-order valence-electron chi connectivity index (χ3n) is 8.67. The first-order valence-corrected chi connectivity index (χ1v) is 15.5. The molecule has 3 heterocycles. The molecule has 5 nitrogen and oxygen atoms in total. The summed E-state index contributed by atoms with van der Waals surface area (Å²) in [4.78, 5) is 14.0. The van der Waals surface area contributed by atoms with Crippen LogP contribution in [0.15, 0.2) is 152 Å². The van der Waals surface area contributed by atoms with Gasteiger partial charge in [-0.2, -0.15) is 10.5 Å². The molecule has 0 atom stereocenters. The third-order valence-corrected chi connectivity index (χ3v) is 8.67. The quantitative estimate of drug-likeness (QED) is 0.193. The lowest BCUT2D eigenvalue weighted by Gasteiger charge is -2.16. The van der Waals surface area contributed by atoms with Crippen molar-refractivity contribution in [3.05, 3.63) is 163 Å².